The van der Waals surface area contributed by atoms with Gasteiger partial charge in [0.25, 0.3) is 5.91 Å². The summed E-state index contributed by atoms with van der Waals surface area (Å²) in [6, 6.07) is 16.6. The Hall–Kier alpha value is -3.41. The van der Waals surface area contributed by atoms with Crippen LogP contribution in [0, 0.1) is 0 Å². The number of likely N-dealkylation sites (N-methyl/N-ethyl adjacent to an activating group) is 1. The van der Waals surface area contributed by atoms with E-state index in [0.717, 1.165) is 28.8 Å². The number of benzene rings is 2. The van der Waals surface area contributed by atoms with Crippen molar-refractivity contribution in [2.24, 2.45) is 0 Å². The molecule has 1 aromatic heterocycles. The highest BCUT2D eigenvalue weighted by molar-refractivity contribution is 5.99. The molecule has 0 aliphatic rings. The first kappa shape index (κ1) is 19.4. The number of anilines is 1. The molecule has 3 aromatic rings. The number of hydrogen-bond acceptors (Lipinski definition) is 4. The summed E-state index contributed by atoms with van der Waals surface area (Å²) in [5.74, 6) is 0.174. The van der Waals surface area contributed by atoms with Gasteiger partial charge in [-0.2, -0.15) is 0 Å². The van der Waals surface area contributed by atoms with Crippen LogP contribution in [0.15, 0.2) is 54.6 Å². The maximum atomic E-state index is 12.7. The standard InChI is InChI=1S/C22H23N3O3/c1-4-15-7-5-6-8-18(15)24-21(26)14-25(2)22(27)20-11-9-16-13-17(28-3)10-12-19(16)23-20/h5-13H,4,14H2,1-3H3,(H,24,26). The van der Waals surface area contributed by atoms with E-state index in [1.165, 1.54) is 4.90 Å². The third-order valence-electron chi connectivity index (χ3n) is 4.52. The number of carbonyl (C=O) groups excluding carboxylic acids is 2. The second-order valence-electron chi connectivity index (χ2n) is 6.48. The predicted octanol–water partition coefficient (Wildman–Crippen LogP) is 3.52. The van der Waals surface area contributed by atoms with Gasteiger partial charge in [-0.25, -0.2) is 4.98 Å². The molecule has 0 aliphatic carbocycles. The van der Waals surface area contributed by atoms with Crippen LogP contribution < -0.4 is 10.1 Å². The number of methoxy groups -OCH3 is 1. The average molecular weight is 377 g/mol. The normalized spacial score (nSPS) is 10.5. The molecule has 2 aromatic carbocycles. The van der Waals surface area contributed by atoms with Crippen molar-refractivity contribution in [1.82, 2.24) is 9.88 Å². The molecule has 6 heteroatoms. The fourth-order valence-electron chi connectivity index (χ4n) is 2.97. The smallest absolute Gasteiger partial charge is 0.272 e. The molecule has 0 bridgehead atoms. The van der Waals surface area contributed by atoms with E-state index in [0.29, 0.717) is 11.2 Å². The van der Waals surface area contributed by atoms with Gasteiger partial charge in [-0.05, 0) is 42.3 Å². The maximum absolute atomic E-state index is 12.7. The van der Waals surface area contributed by atoms with E-state index < -0.39 is 0 Å². The molecule has 1 heterocycles. The van der Waals surface area contributed by atoms with Crippen LogP contribution >= 0.6 is 0 Å². The van der Waals surface area contributed by atoms with Crippen LogP contribution in [0.1, 0.15) is 23.0 Å². The number of para-hydroxylation sites is 1. The Morgan fingerprint density at radius 3 is 2.64 bits per heavy atom. The lowest BCUT2D eigenvalue weighted by Crippen LogP contribution is -2.35. The lowest BCUT2D eigenvalue weighted by Gasteiger charge is -2.17. The second-order valence-corrected chi connectivity index (χ2v) is 6.48. The first-order chi connectivity index (χ1) is 13.5. The minimum atomic E-state index is -0.309. The molecule has 3 rings (SSSR count). The van der Waals surface area contributed by atoms with Crippen molar-refractivity contribution < 1.29 is 14.3 Å². The summed E-state index contributed by atoms with van der Waals surface area (Å²) >= 11 is 0. The molecule has 6 nitrogen and oxygen atoms in total. The molecule has 0 fully saturated rings. The van der Waals surface area contributed by atoms with E-state index in [1.807, 2.05) is 43.3 Å². The average Bonchev–Trinajstić information content (AvgIpc) is 2.72. The van der Waals surface area contributed by atoms with Gasteiger partial charge in [-0.1, -0.05) is 31.2 Å². The predicted molar refractivity (Wildman–Crippen MR) is 110 cm³/mol. The molecule has 28 heavy (non-hydrogen) atoms. The van der Waals surface area contributed by atoms with Gasteiger partial charge < -0.3 is 15.0 Å². The van der Waals surface area contributed by atoms with Crippen molar-refractivity contribution in [3.63, 3.8) is 0 Å². The number of rotatable bonds is 6. The Balaban J connectivity index is 1.70. The number of fused-ring (bicyclic) bond motifs is 1. The van der Waals surface area contributed by atoms with E-state index in [9.17, 15) is 9.59 Å². The lowest BCUT2D eigenvalue weighted by molar-refractivity contribution is -0.116. The summed E-state index contributed by atoms with van der Waals surface area (Å²) in [7, 11) is 3.19. The molecule has 2 amide bonds. The van der Waals surface area contributed by atoms with E-state index in [4.69, 9.17) is 4.74 Å². The maximum Gasteiger partial charge on any atom is 0.272 e. The number of aromatic nitrogens is 1. The number of ether oxygens (including phenoxy) is 1. The van der Waals surface area contributed by atoms with Gasteiger partial charge in [0.05, 0.1) is 19.2 Å². The van der Waals surface area contributed by atoms with E-state index >= 15 is 0 Å². The first-order valence-electron chi connectivity index (χ1n) is 9.10. The van der Waals surface area contributed by atoms with Gasteiger partial charge in [-0.15, -0.1) is 0 Å². The Labute approximate surface area is 164 Å². The number of hydrogen-bond donors (Lipinski definition) is 1. The molecule has 0 atom stereocenters. The van der Waals surface area contributed by atoms with Gasteiger partial charge in [0.2, 0.25) is 5.91 Å². The molecule has 0 unspecified atom stereocenters. The highest BCUT2D eigenvalue weighted by atomic mass is 16.5. The third-order valence-corrected chi connectivity index (χ3v) is 4.52. The van der Waals surface area contributed by atoms with Gasteiger partial charge >= 0.3 is 0 Å². The van der Waals surface area contributed by atoms with E-state index in [-0.39, 0.29) is 18.4 Å². The molecule has 0 spiro atoms. The summed E-state index contributed by atoms with van der Waals surface area (Å²) in [6.45, 7) is 1.97. The van der Waals surface area contributed by atoms with Crippen molar-refractivity contribution in [3.05, 3.63) is 65.9 Å². The van der Waals surface area contributed by atoms with Crippen LogP contribution in [0.3, 0.4) is 0 Å². The number of pyridine rings is 1. The first-order valence-corrected chi connectivity index (χ1v) is 9.10. The Morgan fingerprint density at radius 2 is 1.89 bits per heavy atom. The minimum Gasteiger partial charge on any atom is -0.497 e. The summed E-state index contributed by atoms with van der Waals surface area (Å²) in [5, 5.41) is 3.76. The SMILES string of the molecule is CCc1ccccc1NC(=O)CN(C)C(=O)c1ccc2cc(OC)ccc2n1. The fourth-order valence-corrected chi connectivity index (χ4v) is 2.97. The summed E-state index contributed by atoms with van der Waals surface area (Å²) in [5.41, 5.74) is 2.81. The van der Waals surface area contributed by atoms with Crippen LogP contribution in [-0.4, -0.2) is 42.4 Å². The van der Waals surface area contributed by atoms with E-state index in [2.05, 4.69) is 10.3 Å². The van der Waals surface area contributed by atoms with Crippen LogP contribution in [-0.2, 0) is 11.2 Å². The molecule has 0 aliphatic heterocycles. The van der Waals surface area contributed by atoms with Gasteiger partial charge in [0, 0.05) is 18.1 Å². The van der Waals surface area contributed by atoms with Gasteiger partial charge in [-0.3, -0.25) is 9.59 Å². The van der Waals surface area contributed by atoms with E-state index in [1.54, 1.807) is 32.4 Å². The zero-order valence-corrected chi connectivity index (χ0v) is 16.2. The molecular formula is C22H23N3O3. The number of carbonyl (C=O) groups is 2. The van der Waals surface area contributed by atoms with Gasteiger partial charge in [0.1, 0.15) is 11.4 Å². The van der Waals surface area contributed by atoms with Crippen molar-refractivity contribution in [3.8, 4) is 5.75 Å². The molecule has 0 saturated carbocycles. The van der Waals surface area contributed by atoms with Crippen molar-refractivity contribution >= 4 is 28.4 Å². The minimum absolute atomic E-state index is 0.0563. The monoisotopic (exact) mass is 377 g/mol. The van der Waals surface area contributed by atoms with Crippen molar-refractivity contribution in [2.45, 2.75) is 13.3 Å². The number of amides is 2. The topological polar surface area (TPSA) is 71.5 Å². The molecular weight excluding hydrogens is 354 g/mol. The van der Waals surface area contributed by atoms with Crippen LogP contribution in [0.4, 0.5) is 5.69 Å². The largest absolute Gasteiger partial charge is 0.497 e. The molecule has 0 saturated heterocycles. The van der Waals surface area contributed by atoms with Gasteiger partial charge in [0.15, 0.2) is 0 Å². The van der Waals surface area contributed by atoms with Crippen LogP contribution in [0.2, 0.25) is 0 Å². The summed E-state index contributed by atoms with van der Waals surface area (Å²) in [4.78, 5) is 30.8. The lowest BCUT2D eigenvalue weighted by atomic mass is 10.1. The Bertz CT molecular complexity index is 1020. The molecule has 0 radical (unpaired) electrons. The fraction of sp³-hybridized carbons (Fsp3) is 0.227. The zero-order valence-electron chi connectivity index (χ0n) is 16.2. The molecule has 144 valence electrons. The quantitative estimate of drug-likeness (QED) is 0.713. The van der Waals surface area contributed by atoms with Crippen LogP contribution in [0.5, 0.6) is 5.75 Å². The zero-order chi connectivity index (χ0) is 20.1. The summed E-state index contributed by atoms with van der Waals surface area (Å²) < 4.78 is 5.20. The van der Waals surface area contributed by atoms with Crippen molar-refractivity contribution in [2.75, 3.05) is 26.0 Å². The van der Waals surface area contributed by atoms with Crippen molar-refractivity contribution in [1.29, 1.82) is 0 Å². The van der Waals surface area contributed by atoms with Crippen LogP contribution in [0.25, 0.3) is 10.9 Å². The number of nitrogens with one attached hydrogen (secondary N) is 1. The summed E-state index contributed by atoms with van der Waals surface area (Å²) in [6.07, 6.45) is 0.816. The Kier molecular flexibility index (Phi) is 5.89. The number of aryl methyl sites for hydroxylation is 1. The molecule has 1 N–H and O–H groups in total. The Morgan fingerprint density at radius 1 is 1.11 bits per heavy atom. The second kappa shape index (κ2) is 8.52. The number of nitrogens with zero attached hydrogens (tertiary/aromatic N) is 2. The third kappa shape index (κ3) is 4.28. The highest BCUT2D eigenvalue weighted by Crippen LogP contribution is 2.20. The highest BCUT2D eigenvalue weighted by Gasteiger charge is 2.17.